The highest BCUT2D eigenvalue weighted by molar-refractivity contribution is 7.20. The first kappa shape index (κ1) is 11.6. The lowest BCUT2D eigenvalue weighted by atomic mass is 10.1. The third-order valence-corrected chi connectivity index (χ3v) is 3.52. The molecule has 0 bridgehead atoms. The van der Waals surface area contributed by atoms with Crippen molar-refractivity contribution in [2.24, 2.45) is 0 Å². The monoisotopic (exact) mass is 279 g/mol. The Hall–Kier alpha value is -0.840. The second kappa shape index (κ2) is 4.20. The lowest BCUT2D eigenvalue weighted by Crippen LogP contribution is -1.94. The van der Waals surface area contributed by atoms with Gasteiger partial charge in [-0.3, -0.25) is 0 Å². The SMILES string of the molecule is Nc1cc(-c2cc(Cl)sc2Cl)c(F)cc1F. The van der Waals surface area contributed by atoms with E-state index in [1.165, 1.54) is 12.1 Å². The van der Waals surface area contributed by atoms with E-state index in [1.807, 2.05) is 0 Å². The van der Waals surface area contributed by atoms with Crippen molar-refractivity contribution in [2.75, 3.05) is 5.73 Å². The Kier molecular flexibility index (Phi) is 3.06. The molecule has 0 saturated heterocycles. The molecule has 0 fully saturated rings. The summed E-state index contributed by atoms with van der Waals surface area (Å²) in [6, 6.07) is 3.45. The molecule has 0 atom stereocenters. The second-order valence-electron chi connectivity index (χ2n) is 3.09. The van der Waals surface area contributed by atoms with Crippen molar-refractivity contribution >= 4 is 40.2 Å². The van der Waals surface area contributed by atoms with E-state index in [0.717, 1.165) is 17.4 Å². The summed E-state index contributed by atoms with van der Waals surface area (Å²) < 4.78 is 27.2. The normalized spacial score (nSPS) is 10.8. The summed E-state index contributed by atoms with van der Waals surface area (Å²) in [6.07, 6.45) is 0. The van der Waals surface area contributed by atoms with Crippen LogP contribution in [0.1, 0.15) is 0 Å². The molecule has 2 aromatic rings. The third-order valence-electron chi connectivity index (χ3n) is 2.03. The van der Waals surface area contributed by atoms with Crippen molar-refractivity contribution in [3.05, 3.63) is 38.5 Å². The maximum atomic E-state index is 13.5. The van der Waals surface area contributed by atoms with E-state index in [4.69, 9.17) is 28.9 Å². The molecule has 0 aliphatic heterocycles. The van der Waals surface area contributed by atoms with Gasteiger partial charge in [0.05, 0.1) is 10.0 Å². The maximum Gasteiger partial charge on any atom is 0.149 e. The number of halogens is 4. The Bertz CT molecular complexity index is 554. The minimum absolute atomic E-state index is 0.130. The highest BCUT2D eigenvalue weighted by Crippen LogP contribution is 2.39. The molecular weight excluding hydrogens is 275 g/mol. The Morgan fingerprint density at radius 1 is 1.00 bits per heavy atom. The van der Waals surface area contributed by atoms with Crippen LogP contribution in [0.15, 0.2) is 18.2 Å². The van der Waals surface area contributed by atoms with Gasteiger partial charge in [0.15, 0.2) is 0 Å². The second-order valence-corrected chi connectivity index (χ2v) is 5.38. The zero-order valence-electron chi connectivity index (χ0n) is 7.73. The first-order valence-corrected chi connectivity index (χ1v) is 5.76. The first-order chi connectivity index (χ1) is 7.49. The van der Waals surface area contributed by atoms with Crippen LogP contribution in [0, 0.1) is 11.6 Å². The summed E-state index contributed by atoms with van der Waals surface area (Å²) in [5.41, 5.74) is 5.80. The first-order valence-electron chi connectivity index (χ1n) is 4.18. The van der Waals surface area contributed by atoms with E-state index in [-0.39, 0.29) is 11.3 Å². The predicted molar refractivity (Wildman–Crippen MR) is 64.1 cm³/mol. The van der Waals surface area contributed by atoms with Crippen LogP contribution in [-0.2, 0) is 0 Å². The quantitative estimate of drug-likeness (QED) is 0.760. The fourth-order valence-electron chi connectivity index (χ4n) is 1.30. The van der Waals surface area contributed by atoms with Crippen LogP contribution in [0.25, 0.3) is 11.1 Å². The van der Waals surface area contributed by atoms with Gasteiger partial charge in [-0.15, -0.1) is 11.3 Å². The van der Waals surface area contributed by atoms with Crippen LogP contribution in [0.2, 0.25) is 8.67 Å². The topological polar surface area (TPSA) is 26.0 Å². The van der Waals surface area contributed by atoms with Gasteiger partial charge in [0.2, 0.25) is 0 Å². The molecule has 16 heavy (non-hydrogen) atoms. The number of hydrogen-bond acceptors (Lipinski definition) is 2. The number of nitrogen functional groups attached to an aromatic ring is 1. The van der Waals surface area contributed by atoms with Gasteiger partial charge in [-0.05, 0) is 12.1 Å². The molecule has 0 amide bonds. The maximum absolute atomic E-state index is 13.5. The van der Waals surface area contributed by atoms with E-state index in [0.29, 0.717) is 14.2 Å². The Balaban J connectivity index is 2.64. The number of thiophene rings is 1. The molecule has 0 spiro atoms. The van der Waals surface area contributed by atoms with Gasteiger partial charge in [0, 0.05) is 17.2 Å². The lowest BCUT2D eigenvalue weighted by molar-refractivity contribution is 0.588. The zero-order chi connectivity index (χ0) is 11.9. The van der Waals surface area contributed by atoms with E-state index in [1.54, 1.807) is 0 Å². The van der Waals surface area contributed by atoms with Crippen molar-refractivity contribution in [3.8, 4) is 11.1 Å². The van der Waals surface area contributed by atoms with Crippen LogP contribution >= 0.6 is 34.5 Å². The van der Waals surface area contributed by atoms with Crippen LogP contribution < -0.4 is 5.73 Å². The summed E-state index contributed by atoms with van der Waals surface area (Å²) in [4.78, 5) is 0. The standard InChI is InChI=1S/C10H5Cl2F2NS/c11-9-2-5(10(12)16-9)4-1-8(15)7(14)3-6(4)13/h1-3H,15H2. The number of hydrogen-bond donors (Lipinski definition) is 1. The van der Waals surface area contributed by atoms with Crippen molar-refractivity contribution in [3.63, 3.8) is 0 Å². The fourth-order valence-corrected chi connectivity index (χ4v) is 2.79. The van der Waals surface area contributed by atoms with Crippen LogP contribution in [0.5, 0.6) is 0 Å². The van der Waals surface area contributed by atoms with Gasteiger partial charge in [-0.1, -0.05) is 23.2 Å². The van der Waals surface area contributed by atoms with Gasteiger partial charge >= 0.3 is 0 Å². The lowest BCUT2D eigenvalue weighted by Gasteiger charge is -2.04. The molecule has 6 heteroatoms. The molecular formula is C10H5Cl2F2NS. The van der Waals surface area contributed by atoms with Crippen molar-refractivity contribution < 1.29 is 8.78 Å². The van der Waals surface area contributed by atoms with Gasteiger partial charge in [-0.25, -0.2) is 8.78 Å². The number of anilines is 1. The molecule has 1 nitrogen and oxygen atoms in total. The highest BCUT2D eigenvalue weighted by atomic mass is 35.5. The van der Waals surface area contributed by atoms with E-state index < -0.39 is 11.6 Å². The Morgan fingerprint density at radius 2 is 1.69 bits per heavy atom. The summed E-state index contributed by atoms with van der Waals surface area (Å²) in [5.74, 6) is -1.51. The molecule has 1 aromatic heterocycles. The summed E-state index contributed by atoms with van der Waals surface area (Å²) in [6.45, 7) is 0. The predicted octanol–water partition coefficient (Wildman–Crippen LogP) is 4.58. The molecule has 2 N–H and O–H groups in total. The molecule has 1 aromatic carbocycles. The number of benzene rings is 1. The average molecular weight is 280 g/mol. The minimum atomic E-state index is -0.793. The highest BCUT2D eigenvalue weighted by Gasteiger charge is 2.14. The zero-order valence-corrected chi connectivity index (χ0v) is 10.1. The van der Waals surface area contributed by atoms with Gasteiger partial charge in [-0.2, -0.15) is 0 Å². The molecule has 0 aliphatic carbocycles. The fraction of sp³-hybridized carbons (Fsp3) is 0. The molecule has 1 heterocycles. The smallest absolute Gasteiger partial charge is 0.149 e. The van der Waals surface area contributed by atoms with Crippen LogP contribution in [-0.4, -0.2) is 0 Å². The summed E-state index contributed by atoms with van der Waals surface area (Å²) in [7, 11) is 0. The van der Waals surface area contributed by atoms with Gasteiger partial charge in [0.25, 0.3) is 0 Å². The number of nitrogens with two attached hydrogens (primary N) is 1. The van der Waals surface area contributed by atoms with E-state index in [2.05, 4.69) is 0 Å². The van der Waals surface area contributed by atoms with Crippen LogP contribution in [0.3, 0.4) is 0 Å². The minimum Gasteiger partial charge on any atom is -0.396 e. The largest absolute Gasteiger partial charge is 0.396 e. The number of rotatable bonds is 1. The van der Waals surface area contributed by atoms with Gasteiger partial charge < -0.3 is 5.73 Å². The van der Waals surface area contributed by atoms with Crippen molar-refractivity contribution in [1.82, 2.24) is 0 Å². The molecule has 2 rings (SSSR count). The Labute approximate surface area is 104 Å². The Morgan fingerprint density at radius 3 is 2.25 bits per heavy atom. The molecule has 0 unspecified atom stereocenters. The summed E-state index contributed by atoms with van der Waals surface area (Å²) >= 11 is 12.7. The summed E-state index contributed by atoms with van der Waals surface area (Å²) in [5, 5.41) is 0. The van der Waals surface area contributed by atoms with E-state index >= 15 is 0 Å². The van der Waals surface area contributed by atoms with Crippen molar-refractivity contribution in [1.29, 1.82) is 0 Å². The molecule has 0 saturated carbocycles. The van der Waals surface area contributed by atoms with E-state index in [9.17, 15) is 8.78 Å². The molecule has 0 radical (unpaired) electrons. The average Bonchev–Trinajstić information content (AvgIpc) is 2.51. The molecule has 84 valence electrons. The van der Waals surface area contributed by atoms with Gasteiger partial charge in [0.1, 0.15) is 16.0 Å². The third kappa shape index (κ3) is 2.00. The van der Waals surface area contributed by atoms with Crippen LogP contribution in [0.4, 0.5) is 14.5 Å². The molecule has 0 aliphatic rings. The van der Waals surface area contributed by atoms with Crippen molar-refractivity contribution in [2.45, 2.75) is 0 Å².